The smallest absolute Gasteiger partial charge is 0.264 e. The SMILES string of the molecule is O=S(=O)(Nc1nccnn1)c1ccc(C#CCCO)cc1. The second kappa shape index (κ2) is 6.78. The topological polar surface area (TPSA) is 105 Å². The lowest BCUT2D eigenvalue weighted by atomic mass is 10.2. The molecule has 0 bridgehead atoms. The normalized spacial score (nSPS) is 10.5. The Labute approximate surface area is 122 Å². The summed E-state index contributed by atoms with van der Waals surface area (Å²) < 4.78 is 26.4. The molecule has 0 spiro atoms. The summed E-state index contributed by atoms with van der Waals surface area (Å²) in [5.41, 5.74) is 0.667. The van der Waals surface area contributed by atoms with Gasteiger partial charge < -0.3 is 5.11 Å². The predicted molar refractivity (Wildman–Crippen MR) is 75.7 cm³/mol. The Bertz CT molecular complexity index is 749. The molecule has 0 atom stereocenters. The van der Waals surface area contributed by atoms with Crippen LogP contribution in [0.3, 0.4) is 0 Å². The summed E-state index contributed by atoms with van der Waals surface area (Å²) in [6, 6.07) is 6.04. The van der Waals surface area contributed by atoms with Crippen molar-refractivity contribution in [3.05, 3.63) is 42.2 Å². The van der Waals surface area contributed by atoms with E-state index in [4.69, 9.17) is 5.11 Å². The van der Waals surface area contributed by atoms with Gasteiger partial charge in [-0.1, -0.05) is 11.8 Å². The second-order valence-corrected chi connectivity index (χ2v) is 5.55. The van der Waals surface area contributed by atoms with Gasteiger partial charge in [0.25, 0.3) is 16.0 Å². The standard InChI is InChI=1S/C13H12N4O3S/c18-10-2-1-3-11-4-6-12(7-5-11)21(19,20)17-13-14-8-9-15-16-13/h4-9,18H,2,10H2,(H,14,16,17). The van der Waals surface area contributed by atoms with Gasteiger partial charge in [-0.2, -0.15) is 5.10 Å². The van der Waals surface area contributed by atoms with Crippen molar-refractivity contribution >= 4 is 16.0 Å². The van der Waals surface area contributed by atoms with Crippen LogP contribution in [-0.2, 0) is 10.0 Å². The molecule has 7 nitrogen and oxygen atoms in total. The third kappa shape index (κ3) is 4.24. The number of hydrogen-bond acceptors (Lipinski definition) is 6. The lowest BCUT2D eigenvalue weighted by Gasteiger charge is -2.05. The van der Waals surface area contributed by atoms with Gasteiger partial charge in [-0.3, -0.25) is 0 Å². The molecule has 0 saturated carbocycles. The zero-order valence-electron chi connectivity index (χ0n) is 10.9. The van der Waals surface area contributed by atoms with Crippen molar-refractivity contribution < 1.29 is 13.5 Å². The van der Waals surface area contributed by atoms with E-state index in [2.05, 4.69) is 31.7 Å². The van der Waals surface area contributed by atoms with E-state index in [1.54, 1.807) is 12.1 Å². The minimum atomic E-state index is -3.76. The summed E-state index contributed by atoms with van der Waals surface area (Å²) in [5, 5.41) is 15.7. The molecule has 0 unspecified atom stereocenters. The highest BCUT2D eigenvalue weighted by Crippen LogP contribution is 2.13. The molecule has 108 valence electrons. The van der Waals surface area contributed by atoms with E-state index in [1.807, 2.05) is 0 Å². The Kier molecular flexibility index (Phi) is 4.81. The van der Waals surface area contributed by atoms with Gasteiger partial charge in [-0.15, -0.1) is 5.10 Å². The van der Waals surface area contributed by atoms with Crippen molar-refractivity contribution in [2.45, 2.75) is 11.3 Å². The number of benzene rings is 1. The molecule has 0 aliphatic carbocycles. The van der Waals surface area contributed by atoms with Crippen LogP contribution in [0.2, 0.25) is 0 Å². The molecule has 0 aliphatic rings. The fraction of sp³-hybridized carbons (Fsp3) is 0.154. The third-order valence-corrected chi connectivity index (χ3v) is 3.69. The van der Waals surface area contributed by atoms with Crippen molar-refractivity contribution in [1.82, 2.24) is 15.2 Å². The van der Waals surface area contributed by atoms with Gasteiger partial charge in [0, 0.05) is 12.0 Å². The molecule has 21 heavy (non-hydrogen) atoms. The number of rotatable bonds is 4. The van der Waals surface area contributed by atoms with Gasteiger partial charge in [0.05, 0.1) is 23.9 Å². The van der Waals surface area contributed by atoms with Gasteiger partial charge >= 0.3 is 0 Å². The summed E-state index contributed by atoms with van der Waals surface area (Å²) in [6.45, 7) is -0.00546. The minimum Gasteiger partial charge on any atom is -0.395 e. The molecule has 2 rings (SSSR count). The first-order valence-electron chi connectivity index (χ1n) is 5.98. The van der Waals surface area contributed by atoms with E-state index in [0.29, 0.717) is 12.0 Å². The van der Waals surface area contributed by atoms with Crippen molar-refractivity contribution in [2.75, 3.05) is 11.3 Å². The number of aliphatic hydroxyl groups is 1. The summed E-state index contributed by atoms with van der Waals surface area (Å²) >= 11 is 0. The van der Waals surface area contributed by atoms with Crippen LogP contribution in [0.5, 0.6) is 0 Å². The van der Waals surface area contributed by atoms with Crippen LogP contribution in [-0.4, -0.2) is 35.3 Å². The number of nitrogens with zero attached hydrogens (tertiary/aromatic N) is 3. The first-order valence-corrected chi connectivity index (χ1v) is 7.46. The quantitative estimate of drug-likeness (QED) is 0.792. The lowest BCUT2D eigenvalue weighted by Crippen LogP contribution is -2.15. The molecule has 0 fully saturated rings. The maximum atomic E-state index is 12.1. The summed E-state index contributed by atoms with van der Waals surface area (Å²) in [4.78, 5) is 3.82. The zero-order valence-corrected chi connectivity index (χ0v) is 11.7. The maximum Gasteiger partial charge on any atom is 0.264 e. The van der Waals surface area contributed by atoms with E-state index in [9.17, 15) is 8.42 Å². The fourth-order valence-electron chi connectivity index (χ4n) is 1.41. The Hall–Kier alpha value is -2.50. The van der Waals surface area contributed by atoms with Crippen molar-refractivity contribution in [3.8, 4) is 11.8 Å². The highest BCUT2D eigenvalue weighted by Gasteiger charge is 2.15. The molecule has 2 N–H and O–H groups in total. The number of nitrogens with one attached hydrogen (secondary N) is 1. The van der Waals surface area contributed by atoms with Crippen LogP contribution in [0.4, 0.5) is 5.95 Å². The van der Waals surface area contributed by atoms with E-state index < -0.39 is 10.0 Å². The first kappa shape index (κ1) is 14.9. The third-order valence-electron chi connectivity index (χ3n) is 2.34. The molecule has 1 aromatic carbocycles. The van der Waals surface area contributed by atoms with Crippen LogP contribution in [0, 0.1) is 11.8 Å². The lowest BCUT2D eigenvalue weighted by molar-refractivity contribution is 0.305. The van der Waals surface area contributed by atoms with Crippen LogP contribution in [0.1, 0.15) is 12.0 Å². The van der Waals surface area contributed by atoms with E-state index in [-0.39, 0.29) is 17.5 Å². The zero-order chi connectivity index (χ0) is 15.1. The Morgan fingerprint density at radius 2 is 1.95 bits per heavy atom. The predicted octanol–water partition coefficient (Wildman–Crippen LogP) is 0.406. The molecule has 1 heterocycles. The van der Waals surface area contributed by atoms with Gasteiger partial charge in [-0.05, 0) is 24.3 Å². The summed E-state index contributed by atoms with van der Waals surface area (Å²) in [5.74, 6) is 5.48. The molecule has 0 amide bonds. The highest BCUT2D eigenvalue weighted by molar-refractivity contribution is 7.92. The molecule has 0 saturated heterocycles. The highest BCUT2D eigenvalue weighted by atomic mass is 32.2. The molecule has 2 aromatic rings. The Morgan fingerprint density at radius 3 is 2.57 bits per heavy atom. The Morgan fingerprint density at radius 1 is 1.19 bits per heavy atom. The minimum absolute atomic E-state index is 0.00546. The van der Waals surface area contributed by atoms with Gasteiger partial charge in [0.1, 0.15) is 0 Å². The summed E-state index contributed by atoms with van der Waals surface area (Å²) in [6.07, 6.45) is 3.06. The molecule has 0 aliphatic heterocycles. The first-order chi connectivity index (χ1) is 10.1. The second-order valence-electron chi connectivity index (χ2n) is 3.87. The largest absolute Gasteiger partial charge is 0.395 e. The van der Waals surface area contributed by atoms with Crippen LogP contribution < -0.4 is 4.72 Å². The van der Waals surface area contributed by atoms with Gasteiger partial charge in [-0.25, -0.2) is 18.1 Å². The molecular weight excluding hydrogens is 292 g/mol. The van der Waals surface area contributed by atoms with Crippen LogP contribution >= 0.6 is 0 Å². The summed E-state index contributed by atoms with van der Waals surface area (Å²) in [7, 11) is -3.76. The number of anilines is 1. The Balaban J connectivity index is 2.16. The molecular formula is C13H12N4O3S. The molecule has 8 heteroatoms. The van der Waals surface area contributed by atoms with E-state index in [0.717, 1.165) is 0 Å². The average molecular weight is 304 g/mol. The van der Waals surface area contributed by atoms with Crippen molar-refractivity contribution in [2.24, 2.45) is 0 Å². The number of hydrogen-bond donors (Lipinski definition) is 2. The van der Waals surface area contributed by atoms with Crippen LogP contribution in [0.15, 0.2) is 41.6 Å². The molecule has 0 radical (unpaired) electrons. The van der Waals surface area contributed by atoms with Crippen molar-refractivity contribution in [1.29, 1.82) is 0 Å². The van der Waals surface area contributed by atoms with Gasteiger partial charge in [0.15, 0.2) is 0 Å². The van der Waals surface area contributed by atoms with E-state index in [1.165, 1.54) is 24.5 Å². The van der Waals surface area contributed by atoms with Crippen molar-refractivity contribution in [3.63, 3.8) is 0 Å². The van der Waals surface area contributed by atoms with Crippen LogP contribution in [0.25, 0.3) is 0 Å². The molecule has 1 aromatic heterocycles. The van der Waals surface area contributed by atoms with Gasteiger partial charge in [0.2, 0.25) is 0 Å². The number of sulfonamides is 1. The fourth-order valence-corrected chi connectivity index (χ4v) is 2.36. The number of aromatic nitrogens is 3. The average Bonchev–Trinajstić information content (AvgIpc) is 2.49. The maximum absolute atomic E-state index is 12.1. The number of aliphatic hydroxyl groups excluding tert-OH is 1. The monoisotopic (exact) mass is 304 g/mol. The van der Waals surface area contributed by atoms with E-state index >= 15 is 0 Å².